The van der Waals surface area contributed by atoms with Gasteiger partial charge in [-0.25, -0.2) is 8.42 Å². The Labute approximate surface area is 111 Å². The summed E-state index contributed by atoms with van der Waals surface area (Å²) in [4.78, 5) is 27.8. The van der Waals surface area contributed by atoms with E-state index in [4.69, 9.17) is 0 Å². The number of hydrogen-bond donors (Lipinski definition) is 1. The van der Waals surface area contributed by atoms with Crippen LogP contribution in [0.2, 0.25) is 0 Å². The van der Waals surface area contributed by atoms with Gasteiger partial charge in [-0.05, 0) is 25.0 Å². The lowest BCUT2D eigenvalue weighted by molar-refractivity contribution is 0.0745. The molecule has 0 radical (unpaired) electrons. The number of nitrogens with one attached hydrogen (secondary N) is 1. The van der Waals surface area contributed by atoms with Crippen molar-refractivity contribution in [1.82, 2.24) is 9.88 Å². The highest BCUT2D eigenvalue weighted by molar-refractivity contribution is 7.91. The minimum Gasteiger partial charge on any atom is -0.337 e. The van der Waals surface area contributed by atoms with Crippen LogP contribution in [0.3, 0.4) is 0 Å². The van der Waals surface area contributed by atoms with Crippen LogP contribution >= 0.6 is 0 Å². The highest BCUT2D eigenvalue weighted by Gasteiger charge is 2.33. The Hall–Kier alpha value is -1.63. The molecule has 1 fully saturated rings. The van der Waals surface area contributed by atoms with E-state index in [2.05, 4.69) is 4.98 Å². The summed E-state index contributed by atoms with van der Waals surface area (Å²) in [5.41, 5.74) is 0.216. The minimum atomic E-state index is -3.06. The van der Waals surface area contributed by atoms with Crippen molar-refractivity contribution >= 4 is 15.7 Å². The zero-order valence-corrected chi connectivity index (χ0v) is 11.7. The van der Waals surface area contributed by atoms with Gasteiger partial charge in [0.05, 0.1) is 11.5 Å². The van der Waals surface area contributed by atoms with Crippen LogP contribution in [0.25, 0.3) is 0 Å². The van der Waals surface area contributed by atoms with Crippen molar-refractivity contribution < 1.29 is 13.2 Å². The van der Waals surface area contributed by atoms with Gasteiger partial charge in [-0.3, -0.25) is 9.59 Å². The number of amides is 1. The van der Waals surface area contributed by atoms with Gasteiger partial charge in [0.25, 0.3) is 11.5 Å². The molecule has 1 unspecified atom stereocenters. The van der Waals surface area contributed by atoms with E-state index >= 15 is 0 Å². The topological polar surface area (TPSA) is 87.3 Å². The van der Waals surface area contributed by atoms with E-state index in [1.54, 1.807) is 20.0 Å². The van der Waals surface area contributed by atoms with Gasteiger partial charge in [0.15, 0.2) is 9.84 Å². The van der Waals surface area contributed by atoms with Crippen molar-refractivity contribution in [3.8, 4) is 0 Å². The van der Waals surface area contributed by atoms with Gasteiger partial charge in [0, 0.05) is 19.3 Å². The summed E-state index contributed by atoms with van der Waals surface area (Å²) in [5.74, 6) is -0.361. The molecular weight excluding hydrogens is 268 g/mol. The lowest BCUT2D eigenvalue weighted by Gasteiger charge is -2.23. The number of aromatic amines is 1. The van der Waals surface area contributed by atoms with Gasteiger partial charge in [0.1, 0.15) is 5.56 Å². The van der Waals surface area contributed by atoms with Crippen LogP contribution in [0, 0.1) is 6.92 Å². The summed E-state index contributed by atoms with van der Waals surface area (Å²) in [5, 5.41) is 0. The van der Waals surface area contributed by atoms with Crippen molar-refractivity contribution in [3.63, 3.8) is 0 Å². The smallest absolute Gasteiger partial charge is 0.261 e. The molecule has 0 aliphatic carbocycles. The van der Waals surface area contributed by atoms with E-state index in [0.717, 1.165) is 0 Å². The molecule has 19 heavy (non-hydrogen) atoms. The van der Waals surface area contributed by atoms with Crippen LogP contribution in [-0.4, -0.2) is 48.8 Å². The van der Waals surface area contributed by atoms with Crippen LogP contribution in [0.5, 0.6) is 0 Å². The van der Waals surface area contributed by atoms with E-state index in [1.165, 1.54) is 11.1 Å². The summed E-state index contributed by atoms with van der Waals surface area (Å²) < 4.78 is 22.9. The Kier molecular flexibility index (Phi) is 3.49. The third kappa shape index (κ3) is 2.70. The maximum atomic E-state index is 12.3. The molecule has 7 heteroatoms. The molecule has 1 atom stereocenters. The van der Waals surface area contributed by atoms with E-state index in [1.807, 2.05) is 0 Å². The van der Waals surface area contributed by atoms with Crippen LogP contribution in [-0.2, 0) is 9.84 Å². The van der Waals surface area contributed by atoms with Crippen molar-refractivity contribution in [1.29, 1.82) is 0 Å². The molecule has 1 amide bonds. The summed E-state index contributed by atoms with van der Waals surface area (Å²) >= 11 is 0. The Balaban J connectivity index is 2.28. The molecule has 1 aromatic heterocycles. The standard InChI is InChI=1S/C12H16N2O4S/c1-8-3-5-13-11(15)10(8)12(16)14(2)9-4-6-19(17,18)7-9/h3,5,9H,4,6-7H2,1-2H3,(H,13,15). The third-order valence-corrected chi connectivity index (χ3v) is 5.21. The van der Waals surface area contributed by atoms with Gasteiger partial charge in [0.2, 0.25) is 0 Å². The Morgan fingerprint density at radius 2 is 2.16 bits per heavy atom. The number of aromatic nitrogens is 1. The number of aryl methyl sites for hydroxylation is 1. The van der Waals surface area contributed by atoms with Crippen LogP contribution in [0.4, 0.5) is 0 Å². The maximum absolute atomic E-state index is 12.3. The fourth-order valence-electron chi connectivity index (χ4n) is 2.27. The molecule has 2 heterocycles. The molecule has 1 N–H and O–H groups in total. The highest BCUT2D eigenvalue weighted by Crippen LogP contribution is 2.18. The summed E-state index contributed by atoms with van der Waals surface area (Å²) in [6.45, 7) is 1.68. The van der Waals surface area contributed by atoms with Gasteiger partial charge in [-0.2, -0.15) is 0 Å². The average molecular weight is 284 g/mol. The number of H-pyrrole nitrogens is 1. The Morgan fingerprint density at radius 3 is 2.68 bits per heavy atom. The quantitative estimate of drug-likeness (QED) is 0.824. The monoisotopic (exact) mass is 284 g/mol. The number of carbonyl (C=O) groups is 1. The van der Waals surface area contributed by atoms with E-state index in [9.17, 15) is 18.0 Å². The SMILES string of the molecule is Cc1cc[nH]c(=O)c1C(=O)N(C)C1CCS(=O)(=O)C1. The molecule has 0 spiro atoms. The molecule has 0 aromatic carbocycles. The number of carbonyl (C=O) groups excluding carboxylic acids is 1. The van der Waals surface area contributed by atoms with Gasteiger partial charge >= 0.3 is 0 Å². The van der Waals surface area contributed by atoms with Crippen LogP contribution in [0.15, 0.2) is 17.1 Å². The molecule has 2 rings (SSSR count). The first-order valence-corrected chi connectivity index (χ1v) is 7.80. The van der Waals surface area contributed by atoms with E-state index in [0.29, 0.717) is 12.0 Å². The first-order chi connectivity index (χ1) is 8.82. The molecule has 1 aliphatic rings. The minimum absolute atomic E-state index is 0.0287. The predicted octanol–water partition coefficient (Wildman–Crippen LogP) is -0.0576. The fourth-order valence-corrected chi connectivity index (χ4v) is 4.04. The summed E-state index contributed by atoms with van der Waals surface area (Å²) in [6.07, 6.45) is 1.91. The second-order valence-electron chi connectivity index (χ2n) is 4.84. The number of hydrogen-bond acceptors (Lipinski definition) is 4. The highest BCUT2D eigenvalue weighted by atomic mass is 32.2. The van der Waals surface area contributed by atoms with Crippen molar-refractivity contribution in [3.05, 3.63) is 33.7 Å². The largest absolute Gasteiger partial charge is 0.337 e. The first kappa shape index (κ1) is 13.8. The molecule has 104 valence electrons. The molecular formula is C12H16N2O4S. The number of nitrogens with zero attached hydrogens (tertiary/aromatic N) is 1. The zero-order chi connectivity index (χ0) is 14.2. The normalized spacial score (nSPS) is 21.3. The Morgan fingerprint density at radius 1 is 1.47 bits per heavy atom. The van der Waals surface area contributed by atoms with Gasteiger partial charge < -0.3 is 9.88 Å². The molecule has 1 aromatic rings. The number of rotatable bonds is 2. The zero-order valence-electron chi connectivity index (χ0n) is 10.8. The predicted molar refractivity (Wildman–Crippen MR) is 71.0 cm³/mol. The Bertz CT molecular complexity index is 663. The number of pyridine rings is 1. The first-order valence-electron chi connectivity index (χ1n) is 5.98. The van der Waals surface area contributed by atoms with Crippen LogP contribution < -0.4 is 5.56 Å². The maximum Gasteiger partial charge on any atom is 0.261 e. The lowest BCUT2D eigenvalue weighted by Crippen LogP contribution is -2.40. The van der Waals surface area contributed by atoms with Crippen molar-refractivity contribution in [2.75, 3.05) is 18.6 Å². The molecule has 1 aliphatic heterocycles. The van der Waals surface area contributed by atoms with E-state index in [-0.39, 0.29) is 23.1 Å². The second kappa shape index (κ2) is 4.80. The fraction of sp³-hybridized carbons (Fsp3) is 0.500. The van der Waals surface area contributed by atoms with Crippen molar-refractivity contribution in [2.45, 2.75) is 19.4 Å². The molecule has 1 saturated heterocycles. The second-order valence-corrected chi connectivity index (χ2v) is 7.07. The summed E-state index contributed by atoms with van der Waals surface area (Å²) in [6, 6.07) is 1.30. The third-order valence-electron chi connectivity index (χ3n) is 3.46. The average Bonchev–Trinajstić information content (AvgIpc) is 2.68. The number of sulfone groups is 1. The van der Waals surface area contributed by atoms with Gasteiger partial charge in [-0.1, -0.05) is 0 Å². The van der Waals surface area contributed by atoms with E-state index < -0.39 is 21.3 Å². The molecule has 0 bridgehead atoms. The molecule has 0 saturated carbocycles. The summed E-state index contributed by atoms with van der Waals surface area (Å²) in [7, 11) is -1.51. The van der Waals surface area contributed by atoms with Crippen LogP contribution in [0.1, 0.15) is 22.3 Å². The lowest BCUT2D eigenvalue weighted by atomic mass is 10.1. The molecule has 6 nitrogen and oxygen atoms in total. The van der Waals surface area contributed by atoms with Crippen molar-refractivity contribution in [2.24, 2.45) is 0 Å². The van der Waals surface area contributed by atoms with Gasteiger partial charge in [-0.15, -0.1) is 0 Å².